The number of nitrogens with one attached hydrogen (secondary N) is 1. The minimum atomic E-state index is -0.860. The second-order valence-corrected chi connectivity index (χ2v) is 4.49. The number of methoxy groups -OCH3 is 1. The van der Waals surface area contributed by atoms with Crippen LogP contribution in [0.15, 0.2) is 42.5 Å². The summed E-state index contributed by atoms with van der Waals surface area (Å²) in [5, 5.41) is 8.91. The van der Waals surface area contributed by atoms with Gasteiger partial charge in [0.25, 0.3) is 0 Å². The summed E-state index contributed by atoms with van der Waals surface area (Å²) in [5.74, 6) is -0.167. The van der Waals surface area contributed by atoms with Crippen LogP contribution in [0.2, 0.25) is 0 Å². The van der Waals surface area contributed by atoms with Gasteiger partial charge in [-0.3, -0.25) is 15.1 Å². The van der Waals surface area contributed by atoms with Crippen molar-refractivity contribution in [2.45, 2.75) is 6.42 Å². The molecule has 0 bridgehead atoms. The van der Waals surface area contributed by atoms with Gasteiger partial charge in [0.15, 0.2) is 0 Å². The molecule has 0 aliphatic carbocycles. The molecule has 2 aromatic rings. The molecule has 110 valence electrons. The quantitative estimate of drug-likeness (QED) is 0.799. The Hall–Kier alpha value is -2.53. The number of carboxylic acids is 1. The highest BCUT2D eigenvalue weighted by Gasteiger charge is 2.09. The van der Waals surface area contributed by atoms with Gasteiger partial charge in [0, 0.05) is 5.56 Å². The maximum Gasteiger partial charge on any atom is 0.307 e. The highest BCUT2D eigenvalue weighted by molar-refractivity contribution is 5.76. The molecule has 0 aliphatic heterocycles. The molecular weight excluding hydrogens is 270 g/mol. The molecule has 0 saturated heterocycles. The third-order valence-corrected chi connectivity index (χ3v) is 3.01. The summed E-state index contributed by atoms with van der Waals surface area (Å²) in [7, 11) is 3.13. The Morgan fingerprint density at radius 1 is 1.19 bits per heavy atom. The van der Waals surface area contributed by atoms with Crippen molar-refractivity contribution in [1.82, 2.24) is 0 Å². The molecule has 0 unspecified atom stereocenters. The number of carboxylic acid groups (broad SMARTS) is 1. The van der Waals surface area contributed by atoms with E-state index in [1.165, 1.54) is 0 Å². The van der Waals surface area contributed by atoms with Crippen molar-refractivity contribution in [2.75, 3.05) is 19.7 Å². The van der Waals surface area contributed by atoms with Gasteiger partial charge in [0.05, 0.1) is 26.3 Å². The van der Waals surface area contributed by atoms with E-state index >= 15 is 0 Å². The third kappa shape index (κ3) is 3.73. The molecule has 0 heterocycles. The molecule has 2 rings (SSSR count). The molecule has 0 atom stereocenters. The lowest BCUT2D eigenvalue weighted by molar-refractivity contribution is -0.136. The Bertz CT molecular complexity index is 640. The lowest BCUT2D eigenvalue weighted by Gasteiger charge is -2.12. The summed E-state index contributed by atoms with van der Waals surface area (Å²) in [6.45, 7) is 0. The first-order chi connectivity index (χ1) is 10.1. The maximum absolute atomic E-state index is 10.9. The van der Waals surface area contributed by atoms with Crippen molar-refractivity contribution in [3.63, 3.8) is 0 Å². The van der Waals surface area contributed by atoms with Crippen LogP contribution in [0, 0.1) is 0 Å². The lowest BCUT2D eigenvalue weighted by Crippen LogP contribution is -2.01. The minimum Gasteiger partial charge on any atom is -0.496 e. The van der Waals surface area contributed by atoms with E-state index in [9.17, 15) is 4.79 Å². The standard InChI is InChI=1S/C16H17NO4/c1-20-15-7-6-11(9-16(18)19)8-14(15)12-4-3-5-13(10-12)17-21-2/h3-8,10,17H,9H2,1-2H3,(H,18,19). The van der Waals surface area contributed by atoms with Gasteiger partial charge in [-0.1, -0.05) is 18.2 Å². The Morgan fingerprint density at radius 3 is 2.67 bits per heavy atom. The Labute approximate surface area is 123 Å². The molecule has 0 spiro atoms. The van der Waals surface area contributed by atoms with E-state index < -0.39 is 5.97 Å². The van der Waals surface area contributed by atoms with Crippen LogP contribution < -0.4 is 10.2 Å². The largest absolute Gasteiger partial charge is 0.496 e. The fraction of sp³-hybridized carbons (Fsp3) is 0.188. The molecule has 0 fully saturated rings. The van der Waals surface area contributed by atoms with Crippen LogP contribution in [0.4, 0.5) is 5.69 Å². The second-order valence-electron chi connectivity index (χ2n) is 4.49. The fourth-order valence-electron chi connectivity index (χ4n) is 2.13. The monoisotopic (exact) mass is 287 g/mol. The number of hydrogen-bond donors (Lipinski definition) is 2. The number of anilines is 1. The number of aliphatic carboxylic acids is 1. The first-order valence-electron chi connectivity index (χ1n) is 6.42. The van der Waals surface area contributed by atoms with Gasteiger partial charge in [0.2, 0.25) is 0 Å². The van der Waals surface area contributed by atoms with E-state index in [1.54, 1.807) is 26.4 Å². The summed E-state index contributed by atoms with van der Waals surface area (Å²) >= 11 is 0. The van der Waals surface area contributed by atoms with Gasteiger partial charge >= 0.3 is 5.97 Å². The first-order valence-corrected chi connectivity index (χ1v) is 6.42. The molecule has 0 amide bonds. The van der Waals surface area contributed by atoms with Crippen LogP contribution in [0.1, 0.15) is 5.56 Å². The second kappa shape index (κ2) is 6.76. The highest BCUT2D eigenvalue weighted by atomic mass is 16.6. The van der Waals surface area contributed by atoms with E-state index in [2.05, 4.69) is 5.48 Å². The van der Waals surface area contributed by atoms with Crippen LogP contribution in [-0.4, -0.2) is 25.3 Å². The van der Waals surface area contributed by atoms with Crippen molar-refractivity contribution >= 4 is 11.7 Å². The van der Waals surface area contributed by atoms with Gasteiger partial charge in [0.1, 0.15) is 5.75 Å². The zero-order valence-electron chi connectivity index (χ0n) is 11.9. The number of ether oxygens (including phenoxy) is 1. The zero-order valence-corrected chi connectivity index (χ0v) is 11.9. The minimum absolute atomic E-state index is 0.0208. The predicted octanol–water partition coefficient (Wildman–Crippen LogP) is 2.96. The van der Waals surface area contributed by atoms with Gasteiger partial charge in [-0.05, 0) is 35.4 Å². The number of carbonyl (C=O) groups is 1. The summed E-state index contributed by atoms with van der Waals surface area (Å²) in [4.78, 5) is 15.7. The normalized spacial score (nSPS) is 10.2. The van der Waals surface area contributed by atoms with Gasteiger partial charge < -0.3 is 9.84 Å². The predicted molar refractivity (Wildman–Crippen MR) is 80.4 cm³/mol. The Morgan fingerprint density at radius 2 is 2.00 bits per heavy atom. The third-order valence-electron chi connectivity index (χ3n) is 3.01. The molecule has 2 aromatic carbocycles. The van der Waals surface area contributed by atoms with Crippen LogP contribution in [0.25, 0.3) is 11.1 Å². The fourth-order valence-corrected chi connectivity index (χ4v) is 2.13. The number of hydrogen-bond acceptors (Lipinski definition) is 4. The van der Waals surface area contributed by atoms with Crippen LogP contribution >= 0.6 is 0 Å². The smallest absolute Gasteiger partial charge is 0.307 e. The summed E-state index contributed by atoms with van der Waals surface area (Å²) in [6, 6.07) is 13.0. The SMILES string of the molecule is CONc1cccc(-c2cc(CC(=O)O)ccc2OC)c1. The van der Waals surface area contributed by atoms with E-state index in [4.69, 9.17) is 14.7 Å². The molecule has 5 heteroatoms. The number of benzene rings is 2. The van der Waals surface area contributed by atoms with E-state index in [0.717, 1.165) is 22.4 Å². The highest BCUT2D eigenvalue weighted by Crippen LogP contribution is 2.32. The molecule has 0 aromatic heterocycles. The van der Waals surface area contributed by atoms with Crippen molar-refractivity contribution in [3.8, 4) is 16.9 Å². The van der Waals surface area contributed by atoms with E-state index in [0.29, 0.717) is 5.75 Å². The summed E-state index contributed by atoms with van der Waals surface area (Å²) in [6.07, 6.45) is -0.0208. The molecule has 0 aliphatic rings. The Balaban J connectivity index is 2.44. The summed E-state index contributed by atoms with van der Waals surface area (Å²) < 4.78 is 5.36. The van der Waals surface area contributed by atoms with Crippen molar-refractivity contribution < 1.29 is 19.5 Å². The van der Waals surface area contributed by atoms with Crippen molar-refractivity contribution in [3.05, 3.63) is 48.0 Å². The van der Waals surface area contributed by atoms with Crippen LogP contribution in [0.3, 0.4) is 0 Å². The van der Waals surface area contributed by atoms with Gasteiger partial charge in [-0.15, -0.1) is 0 Å². The average Bonchev–Trinajstić information content (AvgIpc) is 2.47. The van der Waals surface area contributed by atoms with Gasteiger partial charge in [-0.2, -0.15) is 0 Å². The van der Waals surface area contributed by atoms with Gasteiger partial charge in [-0.25, -0.2) is 0 Å². The van der Waals surface area contributed by atoms with Crippen molar-refractivity contribution in [1.29, 1.82) is 0 Å². The van der Waals surface area contributed by atoms with Crippen LogP contribution in [0.5, 0.6) is 5.75 Å². The van der Waals surface area contributed by atoms with Crippen molar-refractivity contribution in [2.24, 2.45) is 0 Å². The molecular formula is C16H17NO4. The van der Waals surface area contributed by atoms with E-state index in [-0.39, 0.29) is 6.42 Å². The zero-order chi connectivity index (χ0) is 15.2. The molecule has 2 N–H and O–H groups in total. The van der Waals surface area contributed by atoms with E-state index in [1.807, 2.05) is 30.3 Å². The maximum atomic E-state index is 10.9. The topological polar surface area (TPSA) is 67.8 Å². The molecule has 5 nitrogen and oxygen atoms in total. The first kappa shape index (κ1) is 14.9. The molecule has 0 saturated carbocycles. The van der Waals surface area contributed by atoms with Crippen LogP contribution in [-0.2, 0) is 16.1 Å². The number of rotatable bonds is 6. The molecule has 21 heavy (non-hydrogen) atoms. The summed E-state index contributed by atoms with van der Waals surface area (Å²) in [5.41, 5.74) is 6.06. The lowest BCUT2D eigenvalue weighted by atomic mass is 10.00. The molecule has 0 radical (unpaired) electrons. The Kier molecular flexibility index (Phi) is 4.79. The average molecular weight is 287 g/mol.